The maximum atomic E-state index is 14.8. The Morgan fingerprint density at radius 2 is 1.94 bits per heavy atom. The lowest BCUT2D eigenvalue weighted by molar-refractivity contribution is 0.0923. The summed E-state index contributed by atoms with van der Waals surface area (Å²) in [5, 5.41) is 6.11. The van der Waals surface area contributed by atoms with E-state index in [2.05, 4.69) is 20.6 Å². The van der Waals surface area contributed by atoms with Gasteiger partial charge in [0.2, 0.25) is 5.95 Å². The smallest absolute Gasteiger partial charge is 0.415 e. The van der Waals surface area contributed by atoms with Gasteiger partial charge in [-0.3, -0.25) is 9.69 Å². The van der Waals surface area contributed by atoms with Gasteiger partial charge in [-0.1, -0.05) is 39.2 Å². The molecule has 2 aromatic rings. The van der Waals surface area contributed by atoms with Crippen molar-refractivity contribution in [1.82, 2.24) is 15.3 Å². The van der Waals surface area contributed by atoms with Crippen molar-refractivity contribution in [2.45, 2.75) is 71.0 Å². The Kier molecular flexibility index (Phi) is 7.29. The van der Waals surface area contributed by atoms with Gasteiger partial charge in [0, 0.05) is 12.2 Å². The average molecular weight is 470 g/mol. The van der Waals surface area contributed by atoms with Gasteiger partial charge in [0.1, 0.15) is 18.2 Å². The zero-order chi connectivity index (χ0) is 24.2. The van der Waals surface area contributed by atoms with E-state index in [4.69, 9.17) is 4.74 Å². The normalized spacial score (nSPS) is 19.7. The number of cyclic esters (lactones) is 1. The van der Waals surface area contributed by atoms with Gasteiger partial charge in [0.15, 0.2) is 0 Å². The molecule has 1 saturated carbocycles. The first-order chi connectivity index (χ1) is 16.3. The van der Waals surface area contributed by atoms with Crippen LogP contribution in [-0.2, 0) is 4.74 Å². The van der Waals surface area contributed by atoms with Crippen LogP contribution in [-0.4, -0.2) is 40.7 Å². The monoisotopic (exact) mass is 469 g/mol. The van der Waals surface area contributed by atoms with E-state index in [0.29, 0.717) is 23.9 Å². The summed E-state index contributed by atoms with van der Waals surface area (Å²) in [5.41, 5.74) is 0.702. The summed E-state index contributed by atoms with van der Waals surface area (Å²) in [6, 6.07) is 5.97. The fraction of sp³-hybridized carbons (Fsp3) is 0.520. The fourth-order valence-corrected chi connectivity index (χ4v) is 4.51. The van der Waals surface area contributed by atoms with Crippen molar-refractivity contribution in [3.63, 3.8) is 0 Å². The van der Waals surface area contributed by atoms with Crippen molar-refractivity contribution in [3.8, 4) is 0 Å². The molecule has 8 nitrogen and oxygen atoms in total. The number of nitrogens with zero attached hydrogens (tertiary/aromatic N) is 3. The lowest BCUT2D eigenvalue weighted by Crippen LogP contribution is -2.37. The number of carbonyl (C=O) groups excluding carboxylic acids is 2. The number of hydrogen-bond acceptors (Lipinski definition) is 6. The van der Waals surface area contributed by atoms with Gasteiger partial charge in [0.25, 0.3) is 5.91 Å². The molecule has 182 valence electrons. The summed E-state index contributed by atoms with van der Waals surface area (Å²) in [7, 11) is 0. The Hall–Kier alpha value is -3.23. The number of rotatable bonds is 7. The molecule has 0 radical (unpaired) electrons. The molecule has 1 aromatic heterocycles. The van der Waals surface area contributed by atoms with Crippen molar-refractivity contribution in [1.29, 1.82) is 0 Å². The summed E-state index contributed by atoms with van der Waals surface area (Å²) in [6.45, 7) is 6.22. The van der Waals surface area contributed by atoms with Gasteiger partial charge in [0.05, 0.1) is 17.6 Å². The SMILES string of the molecule is CC(C)C1COC(=O)N1c1ccnc(N[C@@H](C)c2ccc(C(=O)NC3CCCCC3)c(F)c2)n1. The molecule has 2 amide bonds. The highest BCUT2D eigenvalue weighted by molar-refractivity contribution is 5.94. The van der Waals surface area contributed by atoms with Crippen LogP contribution in [0.3, 0.4) is 0 Å². The summed E-state index contributed by atoms with van der Waals surface area (Å²) < 4.78 is 20.0. The second-order valence-corrected chi connectivity index (χ2v) is 9.41. The Bertz CT molecular complexity index is 1040. The Balaban J connectivity index is 1.44. The molecule has 2 aliphatic rings. The zero-order valence-electron chi connectivity index (χ0n) is 19.9. The Labute approximate surface area is 199 Å². The van der Waals surface area contributed by atoms with Gasteiger partial charge >= 0.3 is 6.09 Å². The number of halogens is 1. The zero-order valence-corrected chi connectivity index (χ0v) is 19.9. The molecule has 1 saturated heterocycles. The summed E-state index contributed by atoms with van der Waals surface area (Å²) in [6.07, 6.45) is 6.40. The summed E-state index contributed by atoms with van der Waals surface area (Å²) in [5.74, 6) is 0.0330. The van der Waals surface area contributed by atoms with Crippen LogP contribution in [0.25, 0.3) is 0 Å². The first kappa shape index (κ1) is 23.9. The van der Waals surface area contributed by atoms with Gasteiger partial charge in [-0.15, -0.1) is 0 Å². The number of benzene rings is 1. The van der Waals surface area contributed by atoms with Crippen LogP contribution >= 0.6 is 0 Å². The third-order valence-corrected chi connectivity index (χ3v) is 6.59. The minimum Gasteiger partial charge on any atom is -0.447 e. The van der Waals surface area contributed by atoms with Crippen molar-refractivity contribution in [2.75, 3.05) is 16.8 Å². The van der Waals surface area contributed by atoms with E-state index < -0.39 is 11.9 Å². The molecule has 4 rings (SSSR count). The minimum absolute atomic E-state index is 0.0482. The van der Waals surface area contributed by atoms with Gasteiger partial charge in [-0.25, -0.2) is 14.2 Å². The number of hydrogen-bond donors (Lipinski definition) is 2. The second kappa shape index (κ2) is 10.4. The average Bonchev–Trinajstić information content (AvgIpc) is 3.21. The van der Waals surface area contributed by atoms with Crippen LogP contribution in [0.15, 0.2) is 30.5 Å². The van der Waals surface area contributed by atoms with Gasteiger partial charge in [-0.05, 0) is 49.4 Å². The van der Waals surface area contributed by atoms with E-state index in [1.807, 2.05) is 20.8 Å². The molecule has 1 unspecified atom stereocenters. The third-order valence-electron chi connectivity index (χ3n) is 6.59. The van der Waals surface area contributed by atoms with Crippen LogP contribution in [0.2, 0.25) is 0 Å². The quantitative estimate of drug-likeness (QED) is 0.603. The molecule has 2 fully saturated rings. The number of aromatic nitrogens is 2. The van der Waals surface area contributed by atoms with E-state index in [0.717, 1.165) is 25.7 Å². The largest absolute Gasteiger partial charge is 0.447 e. The topological polar surface area (TPSA) is 96.5 Å². The second-order valence-electron chi connectivity index (χ2n) is 9.41. The lowest BCUT2D eigenvalue weighted by Gasteiger charge is -2.24. The number of anilines is 2. The first-order valence-corrected chi connectivity index (χ1v) is 12.0. The standard InChI is InChI=1S/C25H32FN5O3/c1-15(2)21-14-34-25(33)31(21)22-11-12-27-24(30-22)28-16(3)17-9-10-19(20(26)13-17)23(32)29-18-7-5-4-6-8-18/h9-13,15-16,18,21H,4-8,14H2,1-3H3,(H,29,32)(H,27,28,30)/t16-,21?/m0/s1. The molecule has 0 spiro atoms. The number of amides is 2. The molecule has 9 heteroatoms. The highest BCUT2D eigenvalue weighted by atomic mass is 19.1. The Morgan fingerprint density at radius 1 is 1.18 bits per heavy atom. The van der Waals surface area contributed by atoms with Crippen LogP contribution in [0.1, 0.15) is 74.8 Å². The molecule has 2 N–H and O–H groups in total. The van der Waals surface area contributed by atoms with Crippen molar-refractivity contribution < 1.29 is 18.7 Å². The molecule has 1 aromatic carbocycles. The molecule has 34 heavy (non-hydrogen) atoms. The third kappa shape index (κ3) is 5.29. The number of carbonyl (C=O) groups is 2. The molecule has 2 atom stereocenters. The van der Waals surface area contributed by atoms with Crippen molar-refractivity contribution in [2.24, 2.45) is 5.92 Å². The maximum absolute atomic E-state index is 14.8. The predicted octanol–water partition coefficient (Wildman–Crippen LogP) is 4.83. The molecule has 1 aliphatic carbocycles. The fourth-order valence-electron chi connectivity index (χ4n) is 4.51. The van der Waals surface area contributed by atoms with E-state index in [1.54, 1.807) is 23.2 Å². The van der Waals surface area contributed by atoms with E-state index >= 15 is 0 Å². The van der Waals surface area contributed by atoms with E-state index in [9.17, 15) is 14.0 Å². The van der Waals surface area contributed by atoms with Crippen LogP contribution in [0.4, 0.5) is 21.0 Å². The molecule has 0 bridgehead atoms. The van der Waals surface area contributed by atoms with Crippen LogP contribution in [0, 0.1) is 11.7 Å². The Morgan fingerprint density at radius 3 is 2.65 bits per heavy atom. The van der Waals surface area contributed by atoms with Crippen molar-refractivity contribution >= 4 is 23.8 Å². The summed E-state index contributed by atoms with van der Waals surface area (Å²) in [4.78, 5) is 35.1. The van der Waals surface area contributed by atoms with Gasteiger partial charge in [-0.2, -0.15) is 4.98 Å². The van der Waals surface area contributed by atoms with Crippen molar-refractivity contribution in [3.05, 3.63) is 47.4 Å². The molecular formula is C25H32FN5O3. The van der Waals surface area contributed by atoms with E-state index in [-0.39, 0.29) is 35.5 Å². The predicted molar refractivity (Wildman–Crippen MR) is 127 cm³/mol. The molecular weight excluding hydrogens is 437 g/mol. The lowest BCUT2D eigenvalue weighted by atomic mass is 9.95. The summed E-state index contributed by atoms with van der Waals surface area (Å²) >= 11 is 0. The van der Waals surface area contributed by atoms with E-state index in [1.165, 1.54) is 18.6 Å². The molecule has 1 aliphatic heterocycles. The van der Waals surface area contributed by atoms with Crippen LogP contribution < -0.4 is 15.5 Å². The molecule has 2 heterocycles. The minimum atomic E-state index is -0.561. The highest BCUT2D eigenvalue weighted by Crippen LogP contribution is 2.27. The number of ether oxygens (including phenoxy) is 1. The number of nitrogens with one attached hydrogen (secondary N) is 2. The van der Waals surface area contributed by atoms with Gasteiger partial charge < -0.3 is 15.4 Å². The first-order valence-electron chi connectivity index (χ1n) is 12.0. The maximum Gasteiger partial charge on any atom is 0.415 e. The van der Waals surface area contributed by atoms with Crippen LogP contribution in [0.5, 0.6) is 0 Å². The highest BCUT2D eigenvalue weighted by Gasteiger charge is 2.37.